The van der Waals surface area contributed by atoms with E-state index in [0.717, 1.165) is 32.7 Å². The molecule has 0 bridgehead atoms. The molecule has 1 N–H and O–H groups in total. The highest BCUT2D eigenvalue weighted by molar-refractivity contribution is 7.16. The fourth-order valence-corrected chi connectivity index (χ4v) is 5.59. The topological polar surface area (TPSA) is 113 Å². The largest absolute Gasteiger partial charge is 0.492 e. The van der Waals surface area contributed by atoms with Crippen LogP contribution in [0.1, 0.15) is 27.0 Å². The molecule has 44 heavy (non-hydrogen) atoms. The third-order valence-electron chi connectivity index (χ3n) is 6.90. The Hall–Kier alpha value is -5.22. The number of ether oxygens (including phenoxy) is 3. The van der Waals surface area contributed by atoms with Crippen molar-refractivity contribution in [1.29, 1.82) is 0 Å². The van der Waals surface area contributed by atoms with E-state index in [1.165, 1.54) is 7.11 Å². The fraction of sp³-hybridized carbons (Fsp3) is 0.176. The van der Waals surface area contributed by atoms with Crippen molar-refractivity contribution < 1.29 is 28.6 Å². The normalized spacial score (nSPS) is 11.5. The summed E-state index contributed by atoms with van der Waals surface area (Å²) in [5, 5.41) is 2.57. The number of thiazole rings is 1. The summed E-state index contributed by atoms with van der Waals surface area (Å²) in [4.78, 5) is 50.0. The lowest BCUT2D eigenvalue weighted by molar-refractivity contribution is -0.143. The van der Waals surface area contributed by atoms with Crippen molar-refractivity contribution in [3.63, 3.8) is 0 Å². The van der Waals surface area contributed by atoms with E-state index in [9.17, 15) is 19.2 Å². The number of alkyl carbamates (subject to hydrolysis) is 1. The number of carbonyl (C=O) groups is 3. The number of methoxy groups -OCH3 is 1. The summed E-state index contributed by atoms with van der Waals surface area (Å²) in [6.45, 7) is 0.649. The number of aromatic nitrogens is 1. The Labute approximate surface area is 257 Å². The molecule has 1 heterocycles. The summed E-state index contributed by atoms with van der Waals surface area (Å²) in [5.41, 5.74) is 3.47. The maximum atomic E-state index is 12.8. The van der Waals surface area contributed by atoms with E-state index in [1.54, 1.807) is 59.2 Å². The summed E-state index contributed by atoms with van der Waals surface area (Å²) in [5.74, 6) is -0.0998. The molecule has 0 saturated carbocycles. The molecule has 0 aliphatic rings. The van der Waals surface area contributed by atoms with Gasteiger partial charge in [0.1, 0.15) is 25.0 Å². The molecule has 0 spiro atoms. The molecule has 1 aromatic heterocycles. The van der Waals surface area contributed by atoms with Crippen LogP contribution in [0.5, 0.6) is 5.75 Å². The quantitative estimate of drug-likeness (QED) is 0.149. The Morgan fingerprint density at radius 2 is 1.55 bits per heavy atom. The molecule has 5 aromatic rings. The van der Waals surface area contributed by atoms with Crippen LogP contribution in [0.4, 0.5) is 4.79 Å². The van der Waals surface area contributed by atoms with Crippen molar-refractivity contribution in [1.82, 2.24) is 9.88 Å². The van der Waals surface area contributed by atoms with E-state index in [2.05, 4.69) is 5.32 Å². The molecule has 224 valence electrons. The van der Waals surface area contributed by atoms with Gasteiger partial charge in [0.15, 0.2) is 5.78 Å². The second-order valence-electron chi connectivity index (χ2n) is 9.88. The minimum absolute atomic E-state index is 0.0782. The van der Waals surface area contributed by atoms with Gasteiger partial charge in [-0.05, 0) is 41.5 Å². The van der Waals surface area contributed by atoms with Crippen LogP contribution in [0, 0.1) is 0 Å². The average molecular weight is 611 g/mol. The zero-order chi connectivity index (χ0) is 30.9. The van der Waals surface area contributed by atoms with Crippen LogP contribution in [0.15, 0.2) is 108 Å². The zero-order valence-corrected chi connectivity index (χ0v) is 24.8. The van der Waals surface area contributed by atoms with Gasteiger partial charge < -0.3 is 19.5 Å². The first kappa shape index (κ1) is 30.2. The van der Waals surface area contributed by atoms with Gasteiger partial charge in [0.05, 0.1) is 23.9 Å². The van der Waals surface area contributed by atoms with Gasteiger partial charge in [0, 0.05) is 17.5 Å². The number of benzene rings is 4. The third-order valence-corrected chi connectivity index (χ3v) is 7.85. The minimum Gasteiger partial charge on any atom is -0.492 e. The number of fused-ring (bicyclic) bond motifs is 1. The summed E-state index contributed by atoms with van der Waals surface area (Å²) in [7, 11) is 1.26. The molecule has 1 amide bonds. The summed E-state index contributed by atoms with van der Waals surface area (Å²) >= 11 is 1.09. The van der Waals surface area contributed by atoms with Gasteiger partial charge in [-0.3, -0.25) is 14.2 Å². The van der Waals surface area contributed by atoms with Crippen LogP contribution in [0.25, 0.3) is 10.2 Å². The molecule has 0 aliphatic heterocycles. The molecule has 0 saturated heterocycles. The van der Waals surface area contributed by atoms with Crippen LogP contribution in [-0.2, 0) is 33.8 Å². The molecule has 0 fully saturated rings. The van der Waals surface area contributed by atoms with Crippen LogP contribution in [0.3, 0.4) is 0 Å². The lowest BCUT2D eigenvalue weighted by Gasteiger charge is -2.17. The number of hydrogen-bond acceptors (Lipinski definition) is 8. The first-order chi connectivity index (χ1) is 21.4. The second kappa shape index (κ2) is 14.3. The Bertz CT molecular complexity index is 1800. The first-order valence-corrected chi connectivity index (χ1v) is 14.7. The zero-order valence-electron chi connectivity index (χ0n) is 23.9. The highest BCUT2D eigenvalue weighted by Crippen LogP contribution is 2.21. The van der Waals surface area contributed by atoms with E-state index in [-0.39, 0.29) is 30.3 Å². The SMILES string of the molecule is COC(=O)C(Cc1ccc(OCCn2c(=O)sc3cc(C(=O)c4ccccc4)ccc32)cc1)NC(=O)OCc1ccccc1. The molecular weight excluding hydrogens is 580 g/mol. The Balaban J connectivity index is 1.15. The number of nitrogens with one attached hydrogen (secondary N) is 1. The fourth-order valence-electron chi connectivity index (χ4n) is 4.63. The van der Waals surface area contributed by atoms with Crippen LogP contribution in [-0.4, -0.2) is 42.2 Å². The monoisotopic (exact) mass is 610 g/mol. The number of esters is 1. The highest BCUT2D eigenvalue weighted by Gasteiger charge is 2.23. The third kappa shape index (κ3) is 7.59. The van der Waals surface area contributed by atoms with E-state index in [4.69, 9.17) is 14.2 Å². The van der Waals surface area contributed by atoms with Crippen molar-refractivity contribution in [3.05, 3.63) is 135 Å². The van der Waals surface area contributed by atoms with E-state index < -0.39 is 18.1 Å². The summed E-state index contributed by atoms with van der Waals surface area (Å²) in [6.07, 6.45) is -0.530. The average Bonchev–Trinajstić information content (AvgIpc) is 3.38. The van der Waals surface area contributed by atoms with Gasteiger partial charge in [0.25, 0.3) is 0 Å². The van der Waals surface area contributed by atoms with Gasteiger partial charge >= 0.3 is 16.9 Å². The molecule has 1 unspecified atom stereocenters. The molecule has 4 aromatic carbocycles. The highest BCUT2D eigenvalue weighted by atomic mass is 32.1. The van der Waals surface area contributed by atoms with E-state index in [1.807, 2.05) is 48.5 Å². The summed E-state index contributed by atoms with van der Waals surface area (Å²) in [6, 6.07) is 29.7. The van der Waals surface area contributed by atoms with Gasteiger partial charge in [0.2, 0.25) is 0 Å². The van der Waals surface area contributed by atoms with Crippen LogP contribution in [0.2, 0.25) is 0 Å². The molecule has 1 atom stereocenters. The summed E-state index contributed by atoms with van der Waals surface area (Å²) < 4.78 is 18.3. The number of hydrogen-bond donors (Lipinski definition) is 1. The standard InChI is InChI=1S/C34H30N2O7S/c1-41-32(38)28(35-33(39)43-22-24-8-4-2-5-9-24)20-23-12-15-27(16-13-23)42-19-18-36-29-17-14-26(21-30(29)44-34(36)40)31(37)25-10-6-3-7-11-25/h2-17,21,28H,18-20,22H2,1H3,(H,35,39). The van der Waals surface area contributed by atoms with Crippen molar-refractivity contribution in [2.24, 2.45) is 0 Å². The first-order valence-electron chi connectivity index (χ1n) is 13.9. The lowest BCUT2D eigenvalue weighted by atomic mass is 10.0. The van der Waals surface area contributed by atoms with Gasteiger partial charge in [-0.2, -0.15) is 0 Å². The number of carbonyl (C=O) groups excluding carboxylic acids is 3. The molecule has 10 heteroatoms. The Morgan fingerprint density at radius 1 is 0.841 bits per heavy atom. The van der Waals surface area contributed by atoms with E-state index in [0.29, 0.717) is 23.4 Å². The molecule has 5 rings (SSSR count). The van der Waals surface area contributed by atoms with Crippen molar-refractivity contribution in [3.8, 4) is 5.75 Å². The van der Waals surface area contributed by atoms with Crippen LogP contribution < -0.4 is 14.9 Å². The van der Waals surface area contributed by atoms with Crippen molar-refractivity contribution >= 4 is 39.4 Å². The van der Waals surface area contributed by atoms with Gasteiger partial charge in [-0.1, -0.05) is 84.1 Å². The number of nitrogens with zero attached hydrogens (tertiary/aromatic N) is 1. The minimum atomic E-state index is -0.933. The molecule has 9 nitrogen and oxygen atoms in total. The van der Waals surface area contributed by atoms with E-state index >= 15 is 0 Å². The maximum absolute atomic E-state index is 12.8. The molecular formula is C34H30N2O7S. The van der Waals surface area contributed by atoms with Crippen LogP contribution >= 0.6 is 11.3 Å². The Morgan fingerprint density at radius 3 is 2.25 bits per heavy atom. The number of ketones is 1. The lowest BCUT2D eigenvalue weighted by Crippen LogP contribution is -2.43. The van der Waals surface area contributed by atoms with Crippen molar-refractivity contribution in [2.75, 3.05) is 13.7 Å². The van der Waals surface area contributed by atoms with Gasteiger partial charge in [-0.25, -0.2) is 9.59 Å². The molecule has 0 radical (unpaired) electrons. The Kier molecular flexibility index (Phi) is 9.83. The smallest absolute Gasteiger partial charge is 0.408 e. The molecule has 0 aliphatic carbocycles. The predicted octanol–water partition coefficient (Wildman–Crippen LogP) is 5.38. The number of amides is 1. The number of rotatable bonds is 12. The predicted molar refractivity (Wildman–Crippen MR) is 167 cm³/mol. The second-order valence-corrected chi connectivity index (χ2v) is 10.9. The van der Waals surface area contributed by atoms with Crippen molar-refractivity contribution in [2.45, 2.75) is 25.6 Å². The maximum Gasteiger partial charge on any atom is 0.408 e. The van der Waals surface area contributed by atoms with Gasteiger partial charge in [-0.15, -0.1) is 0 Å².